The molecule has 0 saturated carbocycles. The lowest BCUT2D eigenvalue weighted by Crippen LogP contribution is -2.06. The van der Waals surface area contributed by atoms with Crippen LogP contribution in [0.2, 0.25) is 0 Å². The fraction of sp³-hybridized carbons (Fsp3) is 0. The molecular formula is C39H22N4S2. The number of hydrogen-bond donors (Lipinski definition) is 0. The lowest BCUT2D eigenvalue weighted by molar-refractivity contribution is 0.954. The second-order valence-electron chi connectivity index (χ2n) is 11.2. The van der Waals surface area contributed by atoms with Crippen LogP contribution in [0.15, 0.2) is 133 Å². The van der Waals surface area contributed by atoms with Crippen molar-refractivity contribution in [1.29, 1.82) is 0 Å². The van der Waals surface area contributed by atoms with Gasteiger partial charge in [-0.05, 0) is 30.3 Å². The summed E-state index contributed by atoms with van der Waals surface area (Å²) in [6.45, 7) is 0. The predicted molar refractivity (Wildman–Crippen MR) is 191 cm³/mol. The van der Waals surface area contributed by atoms with Gasteiger partial charge in [-0.15, -0.1) is 22.7 Å². The van der Waals surface area contributed by atoms with E-state index < -0.39 is 0 Å². The van der Waals surface area contributed by atoms with Crippen molar-refractivity contribution in [3.63, 3.8) is 0 Å². The Hall–Kier alpha value is -5.43. The van der Waals surface area contributed by atoms with E-state index in [9.17, 15) is 0 Å². The Bertz CT molecular complexity index is 2700. The Morgan fingerprint density at radius 1 is 0.400 bits per heavy atom. The van der Waals surface area contributed by atoms with E-state index in [1.54, 1.807) is 0 Å². The van der Waals surface area contributed by atoms with Crippen LogP contribution in [0.1, 0.15) is 0 Å². The van der Waals surface area contributed by atoms with Crippen molar-refractivity contribution in [3.05, 3.63) is 133 Å². The van der Waals surface area contributed by atoms with Gasteiger partial charge < -0.3 is 0 Å². The van der Waals surface area contributed by atoms with Crippen molar-refractivity contribution in [2.75, 3.05) is 0 Å². The Balaban J connectivity index is 1.40. The molecule has 4 heterocycles. The van der Waals surface area contributed by atoms with Gasteiger partial charge in [0.15, 0.2) is 11.6 Å². The molecule has 0 fully saturated rings. The molecule has 45 heavy (non-hydrogen) atoms. The lowest BCUT2D eigenvalue weighted by Gasteiger charge is -2.11. The summed E-state index contributed by atoms with van der Waals surface area (Å²) in [5.41, 5.74) is 4.10. The number of hydrogen-bond acceptors (Lipinski definition) is 5. The summed E-state index contributed by atoms with van der Waals surface area (Å²) in [5.74, 6) is 1.92. The van der Waals surface area contributed by atoms with Crippen LogP contribution < -0.4 is 0 Å². The third kappa shape index (κ3) is 3.67. The summed E-state index contributed by atoms with van der Waals surface area (Å²) in [4.78, 5) is 15.3. The SMILES string of the molecule is c1ccc(-c2nc(-c3ccccc3)nc(-n3c4ccc5c6ccccc6sc5c4c4c5c(ccc43)sc3ccccc35)n2)cc1. The molecule has 210 valence electrons. The molecule has 0 aliphatic carbocycles. The van der Waals surface area contributed by atoms with Gasteiger partial charge in [-0.3, -0.25) is 4.57 Å². The van der Waals surface area contributed by atoms with E-state index in [1.807, 2.05) is 59.1 Å². The zero-order chi connectivity index (χ0) is 29.5. The molecule has 0 saturated heterocycles. The van der Waals surface area contributed by atoms with Crippen molar-refractivity contribution < 1.29 is 0 Å². The molecule has 0 bridgehead atoms. The van der Waals surface area contributed by atoms with Crippen LogP contribution in [0.4, 0.5) is 0 Å². The maximum absolute atomic E-state index is 5.17. The molecule has 4 aromatic heterocycles. The molecule has 10 aromatic rings. The first kappa shape index (κ1) is 25.0. The van der Waals surface area contributed by atoms with Crippen LogP contribution in [0.5, 0.6) is 0 Å². The summed E-state index contributed by atoms with van der Waals surface area (Å²) in [5, 5.41) is 7.65. The van der Waals surface area contributed by atoms with Crippen LogP contribution in [-0.4, -0.2) is 19.5 Å². The van der Waals surface area contributed by atoms with Gasteiger partial charge >= 0.3 is 0 Å². The van der Waals surface area contributed by atoms with Crippen LogP contribution in [0.3, 0.4) is 0 Å². The van der Waals surface area contributed by atoms with Gasteiger partial charge in [0.05, 0.1) is 11.0 Å². The maximum Gasteiger partial charge on any atom is 0.238 e. The number of rotatable bonds is 3. The molecule has 10 rings (SSSR count). The summed E-state index contributed by atoms with van der Waals surface area (Å²) in [7, 11) is 0. The molecule has 0 spiro atoms. The zero-order valence-corrected chi connectivity index (χ0v) is 25.4. The minimum Gasteiger partial charge on any atom is -0.278 e. The first-order valence-corrected chi connectivity index (χ1v) is 16.5. The van der Waals surface area contributed by atoms with Crippen LogP contribution >= 0.6 is 22.7 Å². The van der Waals surface area contributed by atoms with Gasteiger partial charge in [0.1, 0.15) is 0 Å². The monoisotopic (exact) mass is 610 g/mol. The fourth-order valence-electron chi connectivity index (χ4n) is 6.69. The van der Waals surface area contributed by atoms with Crippen molar-refractivity contribution in [2.24, 2.45) is 0 Å². The molecule has 0 atom stereocenters. The lowest BCUT2D eigenvalue weighted by atomic mass is 10.0. The normalized spacial score (nSPS) is 12.0. The summed E-state index contributed by atoms with van der Waals surface area (Å²) < 4.78 is 7.41. The van der Waals surface area contributed by atoms with Gasteiger partial charge in [-0.2, -0.15) is 9.97 Å². The van der Waals surface area contributed by atoms with E-state index in [2.05, 4.69) is 102 Å². The molecule has 0 aliphatic heterocycles. The van der Waals surface area contributed by atoms with Crippen LogP contribution in [0.25, 0.3) is 90.9 Å². The summed E-state index contributed by atoms with van der Waals surface area (Å²) in [6, 6.07) is 46.9. The number of nitrogens with zero attached hydrogens (tertiary/aromatic N) is 4. The highest BCUT2D eigenvalue weighted by Gasteiger charge is 2.23. The number of aromatic nitrogens is 4. The average Bonchev–Trinajstić information content (AvgIpc) is 3.78. The van der Waals surface area contributed by atoms with Crippen molar-refractivity contribution in [2.45, 2.75) is 0 Å². The van der Waals surface area contributed by atoms with E-state index in [4.69, 9.17) is 15.0 Å². The van der Waals surface area contributed by atoms with E-state index in [-0.39, 0.29) is 0 Å². The molecule has 6 heteroatoms. The van der Waals surface area contributed by atoms with E-state index >= 15 is 0 Å². The van der Waals surface area contributed by atoms with Crippen LogP contribution in [0, 0.1) is 0 Å². The fourth-order valence-corrected chi connectivity index (χ4v) is 9.06. The Kier molecular flexibility index (Phi) is 5.29. The number of benzene rings is 6. The van der Waals surface area contributed by atoms with Crippen LogP contribution in [-0.2, 0) is 0 Å². The molecule has 0 aliphatic rings. The van der Waals surface area contributed by atoms with Crippen molar-refractivity contribution in [1.82, 2.24) is 19.5 Å². The van der Waals surface area contributed by atoms with E-state index in [0.717, 1.165) is 22.2 Å². The third-order valence-corrected chi connectivity index (χ3v) is 11.0. The van der Waals surface area contributed by atoms with Gasteiger partial charge in [0.2, 0.25) is 5.95 Å². The molecule has 6 aromatic carbocycles. The zero-order valence-electron chi connectivity index (χ0n) is 23.8. The smallest absolute Gasteiger partial charge is 0.238 e. The average molecular weight is 611 g/mol. The van der Waals surface area contributed by atoms with E-state index in [1.165, 1.54) is 51.1 Å². The molecule has 0 amide bonds. The number of thiophene rings is 2. The summed E-state index contributed by atoms with van der Waals surface area (Å²) in [6.07, 6.45) is 0. The van der Waals surface area contributed by atoms with Crippen molar-refractivity contribution >= 4 is 84.8 Å². The summed E-state index contributed by atoms with van der Waals surface area (Å²) >= 11 is 3.72. The predicted octanol–water partition coefficient (Wildman–Crippen LogP) is 11.0. The Morgan fingerprint density at radius 3 is 1.69 bits per heavy atom. The quantitative estimate of drug-likeness (QED) is 0.200. The van der Waals surface area contributed by atoms with Crippen molar-refractivity contribution in [3.8, 4) is 28.7 Å². The van der Waals surface area contributed by atoms with Gasteiger partial charge in [0.25, 0.3) is 0 Å². The molecular weight excluding hydrogens is 589 g/mol. The van der Waals surface area contributed by atoms with Gasteiger partial charge in [-0.25, -0.2) is 4.98 Å². The highest BCUT2D eigenvalue weighted by molar-refractivity contribution is 7.27. The third-order valence-electron chi connectivity index (χ3n) is 8.67. The van der Waals surface area contributed by atoms with Gasteiger partial charge in [0, 0.05) is 62.2 Å². The topological polar surface area (TPSA) is 43.6 Å². The van der Waals surface area contributed by atoms with E-state index in [0.29, 0.717) is 17.6 Å². The Morgan fingerprint density at radius 2 is 0.978 bits per heavy atom. The minimum atomic E-state index is 0.613. The second kappa shape index (κ2) is 9.53. The molecule has 4 nitrogen and oxygen atoms in total. The first-order chi connectivity index (χ1) is 22.3. The number of fused-ring (bicyclic) bond motifs is 11. The standard InChI is InChI=1S/C39H22N4S2/c1-3-11-23(12-4-1)37-40-38(24-13-5-2-6-14-24)42-39(41-37)43-28-21-22-32-33(27-16-8-10-18-31(27)44-32)34(28)35-29(43)20-19-26-25-15-7-9-17-30(25)45-36(26)35/h1-22H. The highest BCUT2D eigenvalue weighted by Crippen LogP contribution is 2.47. The minimum absolute atomic E-state index is 0.613. The Labute approximate surface area is 265 Å². The molecule has 0 N–H and O–H groups in total. The first-order valence-electron chi connectivity index (χ1n) is 14.9. The highest BCUT2D eigenvalue weighted by atomic mass is 32.1. The molecule has 0 radical (unpaired) electrons. The maximum atomic E-state index is 5.17. The second-order valence-corrected chi connectivity index (χ2v) is 13.4. The van der Waals surface area contributed by atoms with Gasteiger partial charge in [-0.1, -0.05) is 103 Å². The largest absolute Gasteiger partial charge is 0.278 e. The molecule has 0 unspecified atom stereocenters.